The van der Waals surface area contributed by atoms with Gasteiger partial charge in [-0.1, -0.05) is 0 Å². The van der Waals surface area contributed by atoms with E-state index in [1.807, 2.05) is 11.9 Å². The molecule has 18 heavy (non-hydrogen) atoms. The van der Waals surface area contributed by atoms with E-state index in [4.69, 9.17) is 9.52 Å². The number of aromatic carboxylic acids is 1. The molecular formula is C12H19N3O3. The van der Waals surface area contributed by atoms with E-state index in [2.05, 4.69) is 24.0 Å². The van der Waals surface area contributed by atoms with E-state index in [9.17, 15) is 4.79 Å². The van der Waals surface area contributed by atoms with Crippen molar-refractivity contribution in [2.24, 2.45) is 0 Å². The van der Waals surface area contributed by atoms with Crippen molar-refractivity contribution in [3.05, 3.63) is 12.0 Å². The van der Waals surface area contributed by atoms with Gasteiger partial charge in [0.05, 0.1) is 0 Å². The predicted molar refractivity (Wildman–Crippen MR) is 67.0 cm³/mol. The largest absolute Gasteiger partial charge is 0.476 e. The van der Waals surface area contributed by atoms with E-state index < -0.39 is 5.97 Å². The molecule has 0 unspecified atom stereocenters. The first-order valence-corrected chi connectivity index (χ1v) is 6.02. The van der Waals surface area contributed by atoms with Crippen LogP contribution in [0.2, 0.25) is 0 Å². The van der Waals surface area contributed by atoms with E-state index in [0.717, 1.165) is 19.4 Å². The Kier molecular flexibility index (Phi) is 3.30. The number of aromatic nitrogens is 1. The fourth-order valence-electron chi connectivity index (χ4n) is 2.38. The van der Waals surface area contributed by atoms with Crippen LogP contribution >= 0.6 is 0 Å². The van der Waals surface area contributed by atoms with Crippen LogP contribution in [0.3, 0.4) is 0 Å². The van der Waals surface area contributed by atoms with Gasteiger partial charge in [0.2, 0.25) is 0 Å². The second-order valence-corrected chi connectivity index (χ2v) is 5.15. The van der Waals surface area contributed by atoms with Gasteiger partial charge in [-0.05, 0) is 33.4 Å². The average molecular weight is 253 g/mol. The fourth-order valence-corrected chi connectivity index (χ4v) is 2.38. The third kappa shape index (κ3) is 2.20. The summed E-state index contributed by atoms with van der Waals surface area (Å²) in [5.74, 6) is -1.07. The maximum absolute atomic E-state index is 10.7. The van der Waals surface area contributed by atoms with E-state index in [-0.39, 0.29) is 11.2 Å². The van der Waals surface area contributed by atoms with Gasteiger partial charge >= 0.3 is 5.97 Å². The zero-order valence-corrected chi connectivity index (χ0v) is 11.0. The summed E-state index contributed by atoms with van der Waals surface area (Å²) in [6.45, 7) is 0.791. The third-order valence-corrected chi connectivity index (χ3v) is 3.80. The molecule has 0 radical (unpaired) electrons. The molecule has 6 nitrogen and oxygen atoms in total. The van der Waals surface area contributed by atoms with Crippen molar-refractivity contribution in [2.45, 2.75) is 24.8 Å². The highest BCUT2D eigenvalue weighted by Crippen LogP contribution is 2.37. The van der Waals surface area contributed by atoms with Crippen molar-refractivity contribution in [1.82, 2.24) is 9.88 Å². The molecule has 1 N–H and O–H groups in total. The summed E-state index contributed by atoms with van der Waals surface area (Å²) in [4.78, 5) is 18.8. The van der Waals surface area contributed by atoms with Crippen LogP contribution in [0.25, 0.3) is 0 Å². The molecule has 0 bridgehead atoms. The Labute approximate surface area is 106 Å². The van der Waals surface area contributed by atoms with Gasteiger partial charge in [0, 0.05) is 19.1 Å². The number of likely N-dealkylation sites (N-methyl/N-ethyl adjacent to an activating group) is 2. The standard InChI is InChI=1S/C12H19N3O3/c1-14(2)12(5-4-6-12)8-15(3)11-13-9(7-18-11)10(16)17/h7H,4-6,8H2,1-3H3,(H,16,17). The maximum Gasteiger partial charge on any atom is 0.357 e. The van der Waals surface area contributed by atoms with E-state index in [0.29, 0.717) is 6.01 Å². The highest BCUT2D eigenvalue weighted by Gasteiger charge is 2.40. The monoisotopic (exact) mass is 253 g/mol. The van der Waals surface area contributed by atoms with Crippen molar-refractivity contribution in [2.75, 3.05) is 32.6 Å². The van der Waals surface area contributed by atoms with Gasteiger partial charge in [-0.2, -0.15) is 4.98 Å². The number of hydrogen-bond acceptors (Lipinski definition) is 5. The van der Waals surface area contributed by atoms with E-state index >= 15 is 0 Å². The van der Waals surface area contributed by atoms with E-state index in [1.54, 1.807) is 0 Å². The average Bonchev–Trinajstić information content (AvgIpc) is 2.71. The Balaban J connectivity index is 2.06. The summed E-state index contributed by atoms with van der Waals surface area (Å²) in [5.41, 5.74) is 0.108. The molecule has 0 amide bonds. The number of carboxylic acids is 1. The van der Waals surface area contributed by atoms with Gasteiger partial charge in [-0.25, -0.2) is 4.79 Å². The van der Waals surface area contributed by atoms with Crippen LogP contribution in [-0.2, 0) is 0 Å². The number of carboxylic acid groups (broad SMARTS) is 1. The lowest BCUT2D eigenvalue weighted by molar-refractivity contribution is 0.0673. The minimum Gasteiger partial charge on any atom is -0.476 e. The SMILES string of the molecule is CN(CC1(N(C)C)CCC1)c1nc(C(=O)O)co1. The number of rotatable bonds is 5. The van der Waals surface area contributed by atoms with Crippen molar-refractivity contribution >= 4 is 12.0 Å². The van der Waals surface area contributed by atoms with Gasteiger partial charge in [0.1, 0.15) is 6.26 Å². The van der Waals surface area contributed by atoms with Crippen molar-refractivity contribution < 1.29 is 14.3 Å². The molecule has 0 atom stereocenters. The zero-order chi connectivity index (χ0) is 13.3. The Morgan fingerprint density at radius 3 is 2.56 bits per heavy atom. The zero-order valence-electron chi connectivity index (χ0n) is 11.0. The van der Waals surface area contributed by atoms with Crippen molar-refractivity contribution in [1.29, 1.82) is 0 Å². The Bertz CT molecular complexity index is 438. The van der Waals surface area contributed by atoms with Crippen molar-refractivity contribution in [3.63, 3.8) is 0 Å². The Hall–Kier alpha value is -1.56. The first-order valence-electron chi connectivity index (χ1n) is 6.02. The van der Waals surface area contributed by atoms with Crippen LogP contribution in [0.1, 0.15) is 29.8 Å². The molecule has 1 aliphatic carbocycles. The molecule has 1 saturated carbocycles. The summed E-state index contributed by atoms with van der Waals surface area (Å²) in [6, 6.07) is 0.362. The van der Waals surface area contributed by atoms with Crippen molar-refractivity contribution in [3.8, 4) is 0 Å². The number of nitrogens with zero attached hydrogens (tertiary/aromatic N) is 3. The first kappa shape index (κ1) is 12.9. The lowest BCUT2D eigenvalue weighted by atomic mass is 9.75. The van der Waals surface area contributed by atoms with E-state index in [1.165, 1.54) is 12.7 Å². The van der Waals surface area contributed by atoms with Crippen LogP contribution in [0, 0.1) is 0 Å². The lowest BCUT2D eigenvalue weighted by Gasteiger charge is -2.48. The molecule has 1 fully saturated rings. The highest BCUT2D eigenvalue weighted by atomic mass is 16.4. The maximum atomic E-state index is 10.7. The Morgan fingerprint density at radius 2 is 2.17 bits per heavy atom. The van der Waals surface area contributed by atoms with Crippen LogP contribution in [0.15, 0.2) is 10.7 Å². The Morgan fingerprint density at radius 1 is 1.50 bits per heavy atom. The van der Waals surface area contributed by atoms with Gasteiger partial charge in [-0.3, -0.25) is 0 Å². The molecular weight excluding hydrogens is 234 g/mol. The molecule has 1 heterocycles. The van der Waals surface area contributed by atoms with Gasteiger partial charge in [0.15, 0.2) is 5.69 Å². The predicted octanol–water partition coefficient (Wildman–Crippen LogP) is 1.29. The lowest BCUT2D eigenvalue weighted by Crippen LogP contribution is -2.56. The summed E-state index contributed by atoms with van der Waals surface area (Å²) >= 11 is 0. The fraction of sp³-hybridized carbons (Fsp3) is 0.667. The summed E-state index contributed by atoms with van der Waals surface area (Å²) in [5, 5.41) is 8.81. The van der Waals surface area contributed by atoms with Gasteiger partial charge in [-0.15, -0.1) is 0 Å². The third-order valence-electron chi connectivity index (χ3n) is 3.80. The molecule has 6 heteroatoms. The second kappa shape index (κ2) is 4.61. The molecule has 2 rings (SSSR count). The summed E-state index contributed by atoms with van der Waals surface area (Å²) in [6.07, 6.45) is 4.71. The molecule has 0 saturated heterocycles. The molecule has 0 spiro atoms. The van der Waals surface area contributed by atoms with Crippen LogP contribution in [-0.4, -0.2) is 54.2 Å². The number of oxazole rings is 1. The number of anilines is 1. The molecule has 1 aromatic rings. The second-order valence-electron chi connectivity index (χ2n) is 5.15. The topological polar surface area (TPSA) is 69.8 Å². The smallest absolute Gasteiger partial charge is 0.357 e. The molecule has 100 valence electrons. The van der Waals surface area contributed by atoms with Gasteiger partial charge < -0.3 is 19.3 Å². The van der Waals surface area contributed by atoms with Crippen LogP contribution in [0.5, 0.6) is 0 Å². The number of carbonyl (C=O) groups is 1. The normalized spacial score (nSPS) is 17.6. The molecule has 0 aromatic carbocycles. The summed E-state index contributed by atoms with van der Waals surface area (Å²) in [7, 11) is 6.03. The minimum absolute atomic E-state index is 0.0515. The van der Waals surface area contributed by atoms with Gasteiger partial charge in [0.25, 0.3) is 6.01 Å². The van der Waals surface area contributed by atoms with Crippen LogP contribution < -0.4 is 4.90 Å². The first-order chi connectivity index (χ1) is 8.44. The summed E-state index contributed by atoms with van der Waals surface area (Å²) < 4.78 is 5.20. The quantitative estimate of drug-likeness (QED) is 0.852. The highest BCUT2D eigenvalue weighted by molar-refractivity contribution is 5.85. The minimum atomic E-state index is -1.07. The molecule has 1 aromatic heterocycles. The molecule has 1 aliphatic rings. The number of hydrogen-bond donors (Lipinski definition) is 1. The van der Waals surface area contributed by atoms with Crippen LogP contribution in [0.4, 0.5) is 6.01 Å². The molecule has 0 aliphatic heterocycles.